The number of hydrogen-bond donors (Lipinski definition) is 1. The van der Waals surface area contributed by atoms with Crippen LogP contribution in [0.15, 0.2) is 60.7 Å². The third-order valence-electron chi connectivity index (χ3n) is 2.88. The Balaban J connectivity index is 2.10. The van der Waals surface area contributed by atoms with Crippen LogP contribution in [-0.2, 0) is 0 Å². The molecule has 90 valence electrons. The van der Waals surface area contributed by atoms with Crippen LogP contribution in [0.1, 0.15) is 5.69 Å². The summed E-state index contributed by atoms with van der Waals surface area (Å²) in [5.74, 6) is 0. The second-order valence-corrected chi connectivity index (χ2v) is 4.18. The number of pyridine rings is 1. The predicted octanol–water partition coefficient (Wildman–Crippen LogP) is 3.85. The molecule has 3 heteroatoms. The number of benzene rings is 2. The number of nitrogens with zero attached hydrogens (tertiary/aromatic N) is 2. The van der Waals surface area contributed by atoms with Crippen molar-refractivity contribution in [1.29, 1.82) is 5.26 Å². The van der Waals surface area contributed by atoms with Gasteiger partial charge in [0, 0.05) is 11.1 Å². The first kappa shape index (κ1) is 11.2. The van der Waals surface area contributed by atoms with Crippen LogP contribution in [0.3, 0.4) is 0 Å². The van der Waals surface area contributed by atoms with Gasteiger partial charge in [-0.3, -0.25) is 0 Å². The molecule has 3 nitrogen and oxygen atoms in total. The highest BCUT2D eigenvalue weighted by molar-refractivity contribution is 5.84. The second kappa shape index (κ2) is 4.79. The first-order valence-electron chi connectivity index (χ1n) is 5.99. The molecule has 0 fully saturated rings. The van der Waals surface area contributed by atoms with Crippen LogP contribution in [0.5, 0.6) is 0 Å². The van der Waals surface area contributed by atoms with Crippen LogP contribution in [0.4, 0.5) is 11.4 Å². The molecule has 0 saturated carbocycles. The van der Waals surface area contributed by atoms with Gasteiger partial charge >= 0.3 is 0 Å². The molecule has 0 saturated heterocycles. The van der Waals surface area contributed by atoms with Crippen molar-refractivity contribution in [1.82, 2.24) is 4.98 Å². The highest BCUT2D eigenvalue weighted by Crippen LogP contribution is 2.23. The molecule has 19 heavy (non-hydrogen) atoms. The Labute approximate surface area is 111 Å². The van der Waals surface area contributed by atoms with Crippen molar-refractivity contribution in [2.75, 3.05) is 5.32 Å². The number of nitrogens with one attached hydrogen (secondary N) is 1. The van der Waals surface area contributed by atoms with Crippen LogP contribution in [0.2, 0.25) is 0 Å². The van der Waals surface area contributed by atoms with E-state index < -0.39 is 0 Å². The summed E-state index contributed by atoms with van der Waals surface area (Å²) in [7, 11) is 0. The van der Waals surface area contributed by atoms with Gasteiger partial charge < -0.3 is 5.32 Å². The minimum absolute atomic E-state index is 0.405. The molecular weight excluding hydrogens is 234 g/mol. The SMILES string of the molecule is N#Cc1nc2ccccc2cc1Nc1ccccc1. The summed E-state index contributed by atoms with van der Waals surface area (Å²) in [6.07, 6.45) is 0. The molecule has 0 atom stereocenters. The minimum atomic E-state index is 0.405. The van der Waals surface area contributed by atoms with Crippen molar-refractivity contribution in [3.8, 4) is 6.07 Å². The Morgan fingerprint density at radius 2 is 1.68 bits per heavy atom. The third-order valence-corrected chi connectivity index (χ3v) is 2.88. The topological polar surface area (TPSA) is 48.7 Å². The molecule has 1 heterocycles. The van der Waals surface area contributed by atoms with E-state index in [0.717, 1.165) is 22.3 Å². The number of hydrogen-bond acceptors (Lipinski definition) is 3. The predicted molar refractivity (Wildman–Crippen MR) is 76.2 cm³/mol. The molecule has 2 aromatic carbocycles. The number of aromatic nitrogens is 1. The molecule has 3 rings (SSSR count). The Morgan fingerprint density at radius 1 is 0.947 bits per heavy atom. The summed E-state index contributed by atoms with van der Waals surface area (Å²) >= 11 is 0. The van der Waals surface area contributed by atoms with Crippen molar-refractivity contribution < 1.29 is 0 Å². The fourth-order valence-corrected chi connectivity index (χ4v) is 1.97. The zero-order valence-corrected chi connectivity index (χ0v) is 10.2. The van der Waals surface area contributed by atoms with E-state index in [2.05, 4.69) is 16.4 Å². The summed E-state index contributed by atoms with van der Waals surface area (Å²) in [6.45, 7) is 0. The Kier molecular flexibility index (Phi) is 2.83. The van der Waals surface area contributed by atoms with Crippen LogP contribution < -0.4 is 5.32 Å². The van der Waals surface area contributed by atoms with E-state index in [1.165, 1.54) is 0 Å². The van der Waals surface area contributed by atoms with Gasteiger partial charge in [0.1, 0.15) is 6.07 Å². The maximum atomic E-state index is 9.20. The fourth-order valence-electron chi connectivity index (χ4n) is 1.97. The standard InChI is InChI=1S/C16H11N3/c17-11-16-15(18-13-7-2-1-3-8-13)10-12-6-4-5-9-14(12)19-16/h1-10,18H. The highest BCUT2D eigenvalue weighted by atomic mass is 14.9. The van der Waals surface area contributed by atoms with Gasteiger partial charge in [-0.1, -0.05) is 36.4 Å². The lowest BCUT2D eigenvalue weighted by atomic mass is 10.1. The normalized spacial score (nSPS) is 10.1. The third kappa shape index (κ3) is 2.24. The lowest BCUT2D eigenvalue weighted by molar-refractivity contribution is 1.32. The van der Waals surface area contributed by atoms with E-state index in [0.29, 0.717) is 5.69 Å². The van der Waals surface area contributed by atoms with Gasteiger partial charge in [0.05, 0.1) is 11.2 Å². The van der Waals surface area contributed by atoms with E-state index in [9.17, 15) is 5.26 Å². The van der Waals surface area contributed by atoms with E-state index in [4.69, 9.17) is 0 Å². The smallest absolute Gasteiger partial charge is 0.164 e. The first-order valence-corrected chi connectivity index (χ1v) is 5.99. The second-order valence-electron chi connectivity index (χ2n) is 4.18. The molecule has 0 spiro atoms. The molecule has 1 N–H and O–H groups in total. The monoisotopic (exact) mass is 245 g/mol. The summed E-state index contributed by atoms with van der Waals surface area (Å²) < 4.78 is 0. The maximum Gasteiger partial charge on any atom is 0.164 e. The number of rotatable bonds is 2. The molecular formula is C16H11N3. The molecule has 0 aliphatic rings. The largest absolute Gasteiger partial charge is 0.353 e. The number of fused-ring (bicyclic) bond motifs is 1. The van der Waals surface area contributed by atoms with Crippen LogP contribution in [-0.4, -0.2) is 4.98 Å². The molecule has 0 bridgehead atoms. The van der Waals surface area contributed by atoms with Gasteiger partial charge in [0.2, 0.25) is 0 Å². The molecule has 3 aromatic rings. The van der Waals surface area contributed by atoms with E-state index >= 15 is 0 Å². The summed E-state index contributed by atoms with van der Waals surface area (Å²) in [5, 5.41) is 13.4. The molecule has 1 aromatic heterocycles. The zero-order chi connectivity index (χ0) is 13.1. The Hall–Kier alpha value is -2.86. The Bertz CT molecular complexity index is 758. The number of nitriles is 1. The lowest BCUT2D eigenvalue weighted by Crippen LogP contribution is -1.96. The van der Waals surface area contributed by atoms with E-state index in [-0.39, 0.29) is 0 Å². The maximum absolute atomic E-state index is 9.20. The van der Waals surface area contributed by atoms with Gasteiger partial charge in [0.25, 0.3) is 0 Å². The quantitative estimate of drug-likeness (QED) is 0.746. The molecule has 0 aliphatic carbocycles. The van der Waals surface area contributed by atoms with Crippen LogP contribution in [0, 0.1) is 11.3 Å². The van der Waals surface area contributed by atoms with Gasteiger partial charge in [-0.05, 0) is 24.3 Å². The van der Waals surface area contributed by atoms with Crippen molar-refractivity contribution in [3.63, 3.8) is 0 Å². The van der Waals surface area contributed by atoms with Gasteiger partial charge in [-0.15, -0.1) is 0 Å². The fraction of sp³-hybridized carbons (Fsp3) is 0. The summed E-state index contributed by atoms with van der Waals surface area (Å²) in [6, 6.07) is 21.6. The van der Waals surface area contributed by atoms with E-state index in [1.807, 2.05) is 60.7 Å². The molecule has 0 amide bonds. The Morgan fingerprint density at radius 3 is 2.47 bits per heavy atom. The average molecular weight is 245 g/mol. The van der Waals surface area contributed by atoms with Crippen molar-refractivity contribution in [2.24, 2.45) is 0 Å². The minimum Gasteiger partial charge on any atom is -0.353 e. The lowest BCUT2D eigenvalue weighted by Gasteiger charge is -2.08. The van der Waals surface area contributed by atoms with Crippen LogP contribution in [0.25, 0.3) is 10.9 Å². The van der Waals surface area contributed by atoms with E-state index in [1.54, 1.807) is 0 Å². The average Bonchev–Trinajstić information content (AvgIpc) is 2.47. The number of anilines is 2. The molecule has 0 aliphatic heterocycles. The van der Waals surface area contributed by atoms with Crippen molar-refractivity contribution in [3.05, 3.63) is 66.4 Å². The van der Waals surface area contributed by atoms with Crippen molar-refractivity contribution in [2.45, 2.75) is 0 Å². The molecule has 0 unspecified atom stereocenters. The van der Waals surface area contributed by atoms with Crippen molar-refractivity contribution >= 4 is 22.3 Å². The van der Waals surface area contributed by atoms with Crippen LogP contribution >= 0.6 is 0 Å². The zero-order valence-electron chi connectivity index (χ0n) is 10.2. The molecule has 0 radical (unpaired) electrons. The highest BCUT2D eigenvalue weighted by Gasteiger charge is 2.06. The summed E-state index contributed by atoms with van der Waals surface area (Å²) in [4.78, 5) is 4.37. The van der Waals surface area contributed by atoms with Gasteiger partial charge in [-0.2, -0.15) is 5.26 Å². The van der Waals surface area contributed by atoms with Gasteiger partial charge in [-0.25, -0.2) is 4.98 Å². The van der Waals surface area contributed by atoms with Gasteiger partial charge in [0.15, 0.2) is 5.69 Å². The number of para-hydroxylation sites is 2. The summed E-state index contributed by atoms with van der Waals surface area (Å²) in [5.41, 5.74) is 2.91. The first-order chi connectivity index (χ1) is 9.36.